The van der Waals surface area contributed by atoms with Crippen LogP contribution in [0.1, 0.15) is 0 Å². The third kappa shape index (κ3) is 4.49. The van der Waals surface area contributed by atoms with E-state index >= 15 is 0 Å². The zero-order valence-electron chi connectivity index (χ0n) is 26.4. The summed E-state index contributed by atoms with van der Waals surface area (Å²) >= 11 is 0. The predicted molar refractivity (Wildman–Crippen MR) is 202 cm³/mol. The smallest absolute Gasteiger partial charge is 0.227 e. The zero-order valence-corrected chi connectivity index (χ0v) is 26.4. The monoisotopic (exact) mass is 628 g/mol. The summed E-state index contributed by atoms with van der Waals surface area (Å²) in [5.41, 5.74) is 9.82. The van der Waals surface area contributed by atoms with E-state index in [1.54, 1.807) is 0 Å². The molecule has 0 amide bonds. The van der Waals surface area contributed by atoms with Crippen LogP contribution in [0.25, 0.3) is 77.2 Å². The lowest BCUT2D eigenvalue weighted by atomic mass is 9.92. The van der Waals surface area contributed by atoms with Crippen molar-refractivity contribution in [2.45, 2.75) is 0 Å². The van der Waals surface area contributed by atoms with Gasteiger partial charge in [0.15, 0.2) is 5.58 Å². The third-order valence-corrected chi connectivity index (χ3v) is 9.45. The van der Waals surface area contributed by atoms with Crippen molar-refractivity contribution in [3.05, 3.63) is 170 Å². The first kappa shape index (κ1) is 27.5. The molecule has 0 aliphatic carbocycles. The summed E-state index contributed by atoms with van der Waals surface area (Å²) < 4.78 is 12.6. The molecule has 0 N–H and O–H groups in total. The van der Waals surface area contributed by atoms with E-state index in [2.05, 4.69) is 132 Å². The molecule has 49 heavy (non-hydrogen) atoms. The van der Waals surface area contributed by atoms with Crippen molar-refractivity contribution >= 4 is 71.6 Å². The highest BCUT2D eigenvalue weighted by molar-refractivity contribution is 6.23. The molecule has 2 aromatic heterocycles. The Hall–Kier alpha value is -6.65. The van der Waals surface area contributed by atoms with Crippen molar-refractivity contribution < 1.29 is 8.83 Å². The Labute approximate surface area is 282 Å². The molecule has 0 aliphatic rings. The van der Waals surface area contributed by atoms with Crippen LogP contribution in [0.3, 0.4) is 0 Å². The first-order valence-electron chi connectivity index (χ1n) is 16.5. The number of rotatable bonds is 5. The molecule has 0 saturated carbocycles. The number of anilines is 3. The molecule has 230 valence electrons. The Bertz CT molecular complexity index is 2820. The van der Waals surface area contributed by atoms with Crippen LogP contribution in [0.5, 0.6) is 0 Å². The van der Waals surface area contributed by atoms with Gasteiger partial charge in [-0.05, 0) is 106 Å². The Morgan fingerprint density at radius 1 is 0.408 bits per heavy atom. The molecule has 0 saturated heterocycles. The molecule has 0 aliphatic heterocycles. The first-order chi connectivity index (χ1) is 24.3. The van der Waals surface area contributed by atoms with Crippen LogP contribution in [-0.4, -0.2) is 4.98 Å². The van der Waals surface area contributed by atoms with Gasteiger partial charge in [0.05, 0.1) is 0 Å². The van der Waals surface area contributed by atoms with Crippen molar-refractivity contribution in [1.29, 1.82) is 0 Å². The lowest BCUT2D eigenvalue weighted by molar-refractivity contribution is 0.620. The number of furan rings is 1. The average molecular weight is 629 g/mol. The van der Waals surface area contributed by atoms with Crippen LogP contribution in [0.15, 0.2) is 179 Å². The highest BCUT2D eigenvalue weighted by atomic mass is 16.3. The maximum Gasteiger partial charge on any atom is 0.227 e. The van der Waals surface area contributed by atoms with Crippen LogP contribution in [0, 0.1) is 0 Å². The van der Waals surface area contributed by atoms with Gasteiger partial charge >= 0.3 is 0 Å². The van der Waals surface area contributed by atoms with Gasteiger partial charge in [-0.2, -0.15) is 0 Å². The van der Waals surface area contributed by atoms with Gasteiger partial charge in [-0.25, -0.2) is 4.98 Å². The molecular formula is C45H28N2O2. The molecule has 0 fully saturated rings. The van der Waals surface area contributed by atoms with Gasteiger partial charge in [-0.1, -0.05) is 91.0 Å². The van der Waals surface area contributed by atoms with Crippen LogP contribution in [0.4, 0.5) is 17.1 Å². The molecular weight excluding hydrogens is 601 g/mol. The van der Waals surface area contributed by atoms with Crippen LogP contribution < -0.4 is 4.90 Å². The fourth-order valence-electron chi connectivity index (χ4n) is 7.19. The molecule has 0 atom stereocenters. The maximum absolute atomic E-state index is 6.41. The van der Waals surface area contributed by atoms with E-state index in [-0.39, 0.29) is 0 Å². The molecule has 10 aromatic rings. The zero-order chi connectivity index (χ0) is 32.3. The molecule has 2 heterocycles. The third-order valence-electron chi connectivity index (χ3n) is 9.45. The number of oxazole rings is 1. The molecule has 4 nitrogen and oxygen atoms in total. The van der Waals surface area contributed by atoms with E-state index < -0.39 is 0 Å². The number of nitrogens with zero attached hydrogens (tertiary/aromatic N) is 2. The minimum Gasteiger partial charge on any atom is -0.456 e. The number of fused-ring (bicyclic) bond motifs is 8. The summed E-state index contributed by atoms with van der Waals surface area (Å²) in [6.45, 7) is 0. The second-order valence-corrected chi connectivity index (χ2v) is 12.4. The quantitative estimate of drug-likeness (QED) is 0.178. The minimum absolute atomic E-state index is 0.615. The van der Waals surface area contributed by atoms with E-state index in [0.29, 0.717) is 5.89 Å². The molecule has 4 heteroatoms. The summed E-state index contributed by atoms with van der Waals surface area (Å²) in [6.07, 6.45) is 0. The van der Waals surface area contributed by atoms with E-state index in [0.717, 1.165) is 82.8 Å². The second kappa shape index (κ2) is 11.0. The number of hydrogen-bond donors (Lipinski definition) is 0. The van der Waals surface area contributed by atoms with E-state index in [9.17, 15) is 0 Å². The summed E-state index contributed by atoms with van der Waals surface area (Å²) in [4.78, 5) is 7.47. The fraction of sp³-hybridized carbons (Fsp3) is 0. The van der Waals surface area contributed by atoms with Gasteiger partial charge in [0.25, 0.3) is 0 Å². The van der Waals surface area contributed by atoms with Crippen molar-refractivity contribution in [1.82, 2.24) is 4.98 Å². The van der Waals surface area contributed by atoms with Gasteiger partial charge in [-0.3, -0.25) is 0 Å². The van der Waals surface area contributed by atoms with Gasteiger partial charge in [0.1, 0.15) is 16.7 Å². The van der Waals surface area contributed by atoms with Crippen LogP contribution >= 0.6 is 0 Å². The molecule has 0 spiro atoms. The largest absolute Gasteiger partial charge is 0.456 e. The van der Waals surface area contributed by atoms with Crippen molar-refractivity contribution in [3.8, 4) is 22.6 Å². The topological polar surface area (TPSA) is 42.4 Å². The molecule has 0 radical (unpaired) electrons. The lowest BCUT2D eigenvalue weighted by Crippen LogP contribution is -2.09. The number of hydrogen-bond acceptors (Lipinski definition) is 4. The summed E-state index contributed by atoms with van der Waals surface area (Å²) in [5.74, 6) is 0.615. The summed E-state index contributed by atoms with van der Waals surface area (Å²) in [7, 11) is 0. The van der Waals surface area contributed by atoms with Gasteiger partial charge in [0.2, 0.25) is 5.89 Å². The summed E-state index contributed by atoms with van der Waals surface area (Å²) in [5, 5.41) is 6.65. The Balaban J connectivity index is 1.25. The van der Waals surface area contributed by atoms with E-state index in [1.165, 1.54) is 5.56 Å². The minimum atomic E-state index is 0.615. The van der Waals surface area contributed by atoms with E-state index in [4.69, 9.17) is 13.8 Å². The van der Waals surface area contributed by atoms with Crippen molar-refractivity contribution in [3.63, 3.8) is 0 Å². The molecule has 0 unspecified atom stereocenters. The van der Waals surface area contributed by atoms with Crippen LogP contribution in [0.2, 0.25) is 0 Å². The fourth-order valence-corrected chi connectivity index (χ4v) is 7.19. The maximum atomic E-state index is 6.41. The van der Waals surface area contributed by atoms with E-state index in [1.807, 2.05) is 42.5 Å². The van der Waals surface area contributed by atoms with Crippen molar-refractivity contribution in [2.24, 2.45) is 0 Å². The van der Waals surface area contributed by atoms with Crippen molar-refractivity contribution in [2.75, 3.05) is 4.90 Å². The number of benzene rings is 8. The highest BCUT2D eigenvalue weighted by Crippen LogP contribution is 2.44. The first-order valence-corrected chi connectivity index (χ1v) is 16.5. The predicted octanol–water partition coefficient (Wildman–Crippen LogP) is 12.8. The lowest BCUT2D eigenvalue weighted by Gasteiger charge is -2.26. The highest BCUT2D eigenvalue weighted by Gasteiger charge is 2.20. The summed E-state index contributed by atoms with van der Waals surface area (Å²) in [6, 6.07) is 59.2. The standard InChI is InChI=1S/C45H28N2O2/c1-4-12-29(13-5-1)37-26-31-20-21-33(27-38(31)43-36(37)23-25-42-44(43)46-45(49-42)30-14-6-2-7-15-30)47(32-16-8-3-9-17-32)34-22-24-41-39(28-34)35-18-10-11-19-40(35)48-41/h1-28H. The molecule has 10 rings (SSSR count). The van der Waals surface area contributed by atoms with Crippen LogP contribution in [-0.2, 0) is 0 Å². The Morgan fingerprint density at radius 3 is 1.84 bits per heavy atom. The normalized spacial score (nSPS) is 11.7. The molecule has 0 bridgehead atoms. The van der Waals surface area contributed by atoms with Gasteiger partial charge in [-0.15, -0.1) is 0 Å². The SMILES string of the molecule is c1ccc(-c2nc3c(ccc4c(-c5ccccc5)cc5ccc(N(c6ccccc6)c6ccc7oc8ccccc8c7c6)cc5c43)o2)cc1. The number of aromatic nitrogens is 1. The molecule has 8 aromatic carbocycles. The second-order valence-electron chi connectivity index (χ2n) is 12.4. The van der Waals surface area contributed by atoms with Gasteiger partial charge < -0.3 is 13.7 Å². The Morgan fingerprint density at radius 2 is 1.04 bits per heavy atom. The van der Waals surface area contributed by atoms with Gasteiger partial charge in [0, 0.05) is 38.8 Å². The number of para-hydroxylation sites is 2. The average Bonchev–Trinajstić information content (AvgIpc) is 3.78. The Kier molecular flexibility index (Phi) is 6.15.